The van der Waals surface area contributed by atoms with E-state index in [1.54, 1.807) is 18.3 Å². The molecule has 0 bridgehead atoms. The van der Waals surface area contributed by atoms with Crippen molar-refractivity contribution in [2.24, 2.45) is 5.73 Å². The number of primary amides is 1. The fourth-order valence-corrected chi connectivity index (χ4v) is 2.08. The first kappa shape index (κ1) is 9.79. The summed E-state index contributed by atoms with van der Waals surface area (Å²) >= 11 is 1.48. The molecule has 0 saturated carbocycles. The van der Waals surface area contributed by atoms with Gasteiger partial charge in [0.1, 0.15) is 10.7 Å². The zero-order chi connectivity index (χ0) is 10.8. The fourth-order valence-electron chi connectivity index (χ4n) is 1.25. The van der Waals surface area contributed by atoms with E-state index >= 15 is 0 Å². The van der Waals surface area contributed by atoms with E-state index in [1.807, 2.05) is 12.3 Å². The quantitative estimate of drug-likeness (QED) is 0.834. The maximum atomic E-state index is 11.1. The molecule has 0 aliphatic rings. The maximum Gasteiger partial charge on any atom is 0.268 e. The Hall–Kier alpha value is -1.75. The Labute approximate surface area is 90.8 Å². The Morgan fingerprint density at radius 2 is 2.33 bits per heavy atom. The Kier molecular flexibility index (Phi) is 2.47. The van der Waals surface area contributed by atoms with E-state index in [2.05, 4.69) is 9.97 Å². The summed E-state index contributed by atoms with van der Waals surface area (Å²) in [6, 6.07) is 3.56. The van der Waals surface area contributed by atoms with Crippen LogP contribution in [0.1, 0.15) is 16.2 Å². The van der Waals surface area contributed by atoms with Crippen molar-refractivity contribution in [1.29, 1.82) is 0 Å². The van der Waals surface area contributed by atoms with Crippen LogP contribution in [-0.4, -0.2) is 15.9 Å². The molecule has 0 saturated heterocycles. The van der Waals surface area contributed by atoms with Gasteiger partial charge in [-0.3, -0.25) is 9.78 Å². The van der Waals surface area contributed by atoms with Crippen molar-refractivity contribution in [3.05, 3.63) is 35.1 Å². The molecule has 5 heteroatoms. The minimum atomic E-state index is -0.529. The topological polar surface area (TPSA) is 68.9 Å². The van der Waals surface area contributed by atoms with Crippen molar-refractivity contribution >= 4 is 17.2 Å². The second-order valence-corrected chi connectivity index (χ2v) is 3.92. The first-order valence-electron chi connectivity index (χ1n) is 4.36. The number of hydrogen-bond donors (Lipinski definition) is 1. The molecule has 0 unspecified atom stereocenters. The zero-order valence-corrected chi connectivity index (χ0v) is 8.91. The third kappa shape index (κ3) is 1.87. The SMILES string of the molecule is Cc1csc(-c2cccnc2C(N)=O)n1. The smallest absolute Gasteiger partial charge is 0.268 e. The summed E-state index contributed by atoms with van der Waals surface area (Å²) < 4.78 is 0. The van der Waals surface area contributed by atoms with Gasteiger partial charge in [0.25, 0.3) is 5.91 Å². The largest absolute Gasteiger partial charge is 0.364 e. The highest BCUT2D eigenvalue weighted by Gasteiger charge is 2.12. The summed E-state index contributed by atoms with van der Waals surface area (Å²) in [4.78, 5) is 19.4. The molecule has 0 aliphatic heterocycles. The molecule has 0 spiro atoms. The number of amides is 1. The molecule has 0 radical (unpaired) electrons. The number of carbonyl (C=O) groups excluding carboxylic acids is 1. The van der Waals surface area contributed by atoms with Crippen LogP contribution < -0.4 is 5.73 Å². The van der Waals surface area contributed by atoms with E-state index in [1.165, 1.54) is 11.3 Å². The van der Waals surface area contributed by atoms with Gasteiger partial charge in [0.15, 0.2) is 0 Å². The van der Waals surface area contributed by atoms with E-state index in [9.17, 15) is 4.79 Å². The van der Waals surface area contributed by atoms with Crippen LogP contribution in [0.15, 0.2) is 23.7 Å². The minimum Gasteiger partial charge on any atom is -0.364 e. The molecule has 4 nitrogen and oxygen atoms in total. The number of nitrogens with two attached hydrogens (primary N) is 1. The molecule has 0 atom stereocenters. The second-order valence-electron chi connectivity index (χ2n) is 3.06. The summed E-state index contributed by atoms with van der Waals surface area (Å²) in [6.45, 7) is 1.90. The van der Waals surface area contributed by atoms with Crippen LogP contribution in [-0.2, 0) is 0 Å². The van der Waals surface area contributed by atoms with Crippen LogP contribution in [0.25, 0.3) is 10.6 Å². The summed E-state index contributed by atoms with van der Waals surface area (Å²) in [5.41, 5.74) is 7.13. The van der Waals surface area contributed by atoms with Gasteiger partial charge in [-0.15, -0.1) is 11.3 Å². The van der Waals surface area contributed by atoms with Gasteiger partial charge >= 0.3 is 0 Å². The van der Waals surface area contributed by atoms with Crippen molar-refractivity contribution in [2.45, 2.75) is 6.92 Å². The van der Waals surface area contributed by atoms with Crippen molar-refractivity contribution in [1.82, 2.24) is 9.97 Å². The van der Waals surface area contributed by atoms with Gasteiger partial charge in [-0.2, -0.15) is 0 Å². The van der Waals surface area contributed by atoms with Crippen LogP contribution in [0.4, 0.5) is 0 Å². The van der Waals surface area contributed by atoms with E-state index < -0.39 is 5.91 Å². The lowest BCUT2D eigenvalue weighted by atomic mass is 10.2. The molecule has 0 aromatic carbocycles. The lowest BCUT2D eigenvalue weighted by Crippen LogP contribution is -2.14. The molecule has 2 aromatic rings. The van der Waals surface area contributed by atoms with Crippen molar-refractivity contribution in [3.63, 3.8) is 0 Å². The monoisotopic (exact) mass is 219 g/mol. The van der Waals surface area contributed by atoms with Crippen LogP contribution in [0, 0.1) is 6.92 Å². The highest BCUT2D eigenvalue weighted by atomic mass is 32.1. The highest BCUT2D eigenvalue weighted by Crippen LogP contribution is 2.25. The number of aromatic nitrogens is 2. The average molecular weight is 219 g/mol. The predicted octanol–water partition coefficient (Wildman–Crippen LogP) is 1.61. The number of pyridine rings is 1. The average Bonchev–Trinajstić information content (AvgIpc) is 2.65. The van der Waals surface area contributed by atoms with Crippen LogP contribution in [0.2, 0.25) is 0 Å². The van der Waals surface area contributed by atoms with E-state index in [0.29, 0.717) is 5.56 Å². The number of carbonyl (C=O) groups is 1. The first-order chi connectivity index (χ1) is 7.18. The van der Waals surface area contributed by atoms with Crippen molar-refractivity contribution < 1.29 is 4.79 Å². The van der Waals surface area contributed by atoms with Gasteiger partial charge in [0.2, 0.25) is 0 Å². The van der Waals surface area contributed by atoms with Gasteiger partial charge < -0.3 is 5.73 Å². The van der Waals surface area contributed by atoms with Crippen molar-refractivity contribution in [3.8, 4) is 10.6 Å². The van der Waals surface area contributed by atoms with Gasteiger partial charge in [-0.05, 0) is 19.1 Å². The van der Waals surface area contributed by atoms with Gasteiger partial charge in [-0.25, -0.2) is 4.98 Å². The fraction of sp³-hybridized carbons (Fsp3) is 0.100. The number of hydrogen-bond acceptors (Lipinski definition) is 4. The Morgan fingerprint density at radius 3 is 2.93 bits per heavy atom. The lowest BCUT2D eigenvalue weighted by molar-refractivity contribution is 0.0996. The predicted molar refractivity (Wildman–Crippen MR) is 58.6 cm³/mol. The molecular weight excluding hydrogens is 210 g/mol. The van der Waals surface area contributed by atoms with Crippen LogP contribution in [0.5, 0.6) is 0 Å². The Balaban J connectivity index is 2.57. The van der Waals surface area contributed by atoms with Gasteiger partial charge in [-0.1, -0.05) is 0 Å². The Morgan fingerprint density at radius 1 is 1.53 bits per heavy atom. The summed E-state index contributed by atoms with van der Waals surface area (Å²) in [5, 5.41) is 2.70. The number of aryl methyl sites for hydroxylation is 1. The third-order valence-corrected chi connectivity index (χ3v) is 2.88. The Bertz CT molecular complexity index is 507. The molecule has 76 valence electrons. The third-order valence-electron chi connectivity index (χ3n) is 1.89. The summed E-state index contributed by atoms with van der Waals surface area (Å²) in [5.74, 6) is -0.529. The van der Waals surface area contributed by atoms with Crippen molar-refractivity contribution in [2.75, 3.05) is 0 Å². The van der Waals surface area contributed by atoms with Crippen LogP contribution in [0.3, 0.4) is 0 Å². The standard InChI is InChI=1S/C10H9N3OS/c1-6-5-15-10(13-6)7-3-2-4-12-8(7)9(11)14/h2-5H,1H3,(H2,11,14). The first-order valence-corrected chi connectivity index (χ1v) is 5.24. The highest BCUT2D eigenvalue weighted by molar-refractivity contribution is 7.13. The maximum absolute atomic E-state index is 11.1. The molecule has 2 rings (SSSR count). The van der Waals surface area contributed by atoms with Crippen LogP contribution >= 0.6 is 11.3 Å². The molecular formula is C10H9N3OS. The van der Waals surface area contributed by atoms with E-state index in [4.69, 9.17) is 5.73 Å². The molecule has 0 aliphatic carbocycles. The van der Waals surface area contributed by atoms with Gasteiger partial charge in [0, 0.05) is 22.8 Å². The molecule has 15 heavy (non-hydrogen) atoms. The normalized spacial score (nSPS) is 10.2. The molecule has 1 amide bonds. The number of nitrogens with zero attached hydrogens (tertiary/aromatic N) is 2. The van der Waals surface area contributed by atoms with Gasteiger partial charge in [0.05, 0.1) is 0 Å². The van der Waals surface area contributed by atoms with E-state index in [0.717, 1.165) is 10.7 Å². The molecule has 2 aromatic heterocycles. The molecule has 2 heterocycles. The lowest BCUT2D eigenvalue weighted by Gasteiger charge is -2.00. The number of rotatable bonds is 2. The second kappa shape index (κ2) is 3.78. The molecule has 2 N–H and O–H groups in total. The number of thiazole rings is 1. The summed E-state index contributed by atoms with van der Waals surface area (Å²) in [7, 11) is 0. The molecule has 0 fully saturated rings. The summed E-state index contributed by atoms with van der Waals surface area (Å²) in [6.07, 6.45) is 1.55. The van der Waals surface area contributed by atoms with E-state index in [-0.39, 0.29) is 5.69 Å². The zero-order valence-electron chi connectivity index (χ0n) is 8.10. The minimum absolute atomic E-state index is 0.270.